The third-order valence-electron chi connectivity index (χ3n) is 1.36. The molecular formula is C8H12Cl2O. The van der Waals surface area contributed by atoms with Crippen molar-refractivity contribution >= 4 is 23.2 Å². The Balaban J connectivity index is 3.32. The van der Waals surface area contributed by atoms with Crippen LogP contribution >= 0.6 is 23.2 Å². The van der Waals surface area contributed by atoms with Gasteiger partial charge in [0.2, 0.25) is 5.06 Å². The standard InChI is InChI=1S/C8H12Cl2O/c1-2-8(10,11)6-4-3-5-7-9/h1,11H,3-7H2. The van der Waals surface area contributed by atoms with E-state index in [1.54, 1.807) is 0 Å². The highest BCUT2D eigenvalue weighted by Crippen LogP contribution is 2.18. The van der Waals surface area contributed by atoms with E-state index in [1.807, 2.05) is 0 Å². The van der Waals surface area contributed by atoms with E-state index in [9.17, 15) is 0 Å². The van der Waals surface area contributed by atoms with E-state index in [0.717, 1.165) is 19.3 Å². The topological polar surface area (TPSA) is 20.2 Å². The van der Waals surface area contributed by atoms with E-state index < -0.39 is 5.06 Å². The van der Waals surface area contributed by atoms with Crippen LogP contribution in [-0.4, -0.2) is 16.0 Å². The largest absolute Gasteiger partial charge is 0.365 e. The van der Waals surface area contributed by atoms with E-state index >= 15 is 0 Å². The van der Waals surface area contributed by atoms with Gasteiger partial charge in [0.25, 0.3) is 0 Å². The molecule has 0 bridgehead atoms. The second-order valence-electron chi connectivity index (χ2n) is 2.40. The van der Waals surface area contributed by atoms with Crippen LogP contribution < -0.4 is 0 Å². The smallest absolute Gasteiger partial charge is 0.200 e. The highest BCUT2D eigenvalue weighted by molar-refractivity contribution is 6.24. The molecular weight excluding hydrogens is 183 g/mol. The summed E-state index contributed by atoms with van der Waals surface area (Å²) in [7, 11) is 0. The van der Waals surface area contributed by atoms with Gasteiger partial charge in [-0.2, -0.15) is 0 Å². The predicted octanol–water partition coefficient (Wildman–Crippen LogP) is 2.35. The maximum absolute atomic E-state index is 9.12. The van der Waals surface area contributed by atoms with E-state index in [4.69, 9.17) is 34.7 Å². The van der Waals surface area contributed by atoms with Crippen molar-refractivity contribution in [3.63, 3.8) is 0 Å². The molecule has 0 aliphatic heterocycles. The fraction of sp³-hybridized carbons (Fsp3) is 0.750. The average molecular weight is 195 g/mol. The Morgan fingerprint density at radius 1 is 1.36 bits per heavy atom. The number of terminal acetylenes is 1. The zero-order valence-electron chi connectivity index (χ0n) is 6.32. The lowest BCUT2D eigenvalue weighted by molar-refractivity contribution is 0.175. The Morgan fingerprint density at radius 3 is 2.45 bits per heavy atom. The number of rotatable bonds is 5. The molecule has 0 rings (SSSR count). The van der Waals surface area contributed by atoms with Crippen LogP contribution in [0.15, 0.2) is 0 Å². The summed E-state index contributed by atoms with van der Waals surface area (Å²) in [5.74, 6) is 2.76. The summed E-state index contributed by atoms with van der Waals surface area (Å²) in [5.41, 5.74) is 0. The Bertz CT molecular complexity index is 138. The molecule has 0 radical (unpaired) electrons. The van der Waals surface area contributed by atoms with Gasteiger partial charge in [-0.25, -0.2) is 0 Å². The Morgan fingerprint density at radius 2 is 2.00 bits per heavy atom. The van der Waals surface area contributed by atoms with Crippen LogP contribution in [0, 0.1) is 12.3 Å². The van der Waals surface area contributed by atoms with Crippen molar-refractivity contribution in [1.29, 1.82) is 0 Å². The summed E-state index contributed by atoms with van der Waals surface area (Å²) in [5, 5.41) is 7.67. The molecule has 3 heteroatoms. The molecule has 0 fully saturated rings. The maximum Gasteiger partial charge on any atom is 0.200 e. The Kier molecular flexibility index (Phi) is 5.76. The molecule has 64 valence electrons. The molecule has 11 heavy (non-hydrogen) atoms. The third kappa shape index (κ3) is 6.50. The summed E-state index contributed by atoms with van der Waals surface area (Å²) in [6.45, 7) is 0. The minimum absolute atomic E-state index is 0.432. The maximum atomic E-state index is 9.12. The minimum atomic E-state index is -1.45. The Labute approximate surface area is 77.7 Å². The summed E-state index contributed by atoms with van der Waals surface area (Å²) in [6.07, 6.45) is 8.11. The summed E-state index contributed by atoms with van der Waals surface area (Å²) in [4.78, 5) is 0. The summed E-state index contributed by atoms with van der Waals surface area (Å²) < 4.78 is 0. The zero-order chi connectivity index (χ0) is 8.74. The first-order chi connectivity index (χ1) is 5.12. The molecule has 0 heterocycles. The van der Waals surface area contributed by atoms with E-state index in [1.165, 1.54) is 0 Å². The van der Waals surface area contributed by atoms with Crippen LogP contribution in [0.1, 0.15) is 25.7 Å². The SMILES string of the molecule is C#CC(O)(Cl)CCCCCCl. The van der Waals surface area contributed by atoms with Gasteiger partial charge in [0.15, 0.2) is 0 Å². The van der Waals surface area contributed by atoms with Crippen molar-refractivity contribution in [2.75, 3.05) is 5.88 Å². The summed E-state index contributed by atoms with van der Waals surface area (Å²) in [6, 6.07) is 0. The van der Waals surface area contributed by atoms with Crippen LogP contribution in [0.4, 0.5) is 0 Å². The van der Waals surface area contributed by atoms with Crippen molar-refractivity contribution in [2.45, 2.75) is 30.7 Å². The van der Waals surface area contributed by atoms with Gasteiger partial charge >= 0.3 is 0 Å². The monoisotopic (exact) mass is 194 g/mol. The predicted molar refractivity (Wildman–Crippen MR) is 48.8 cm³/mol. The molecule has 1 unspecified atom stereocenters. The molecule has 0 aromatic rings. The van der Waals surface area contributed by atoms with Gasteiger partial charge in [-0.15, -0.1) is 18.0 Å². The van der Waals surface area contributed by atoms with Gasteiger partial charge in [0.05, 0.1) is 0 Å². The average Bonchev–Trinajstić information content (AvgIpc) is 1.99. The second-order valence-corrected chi connectivity index (χ2v) is 3.41. The second kappa shape index (κ2) is 5.71. The molecule has 0 amide bonds. The van der Waals surface area contributed by atoms with Crippen molar-refractivity contribution in [3.8, 4) is 12.3 Å². The fourth-order valence-corrected chi connectivity index (χ4v) is 1.03. The van der Waals surface area contributed by atoms with Gasteiger partial charge in [-0.1, -0.05) is 23.9 Å². The Hall–Kier alpha value is 0.100. The van der Waals surface area contributed by atoms with Gasteiger partial charge in [0.1, 0.15) is 0 Å². The highest BCUT2D eigenvalue weighted by Gasteiger charge is 2.17. The molecule has 0 spiro atoms. The minimum Gasteiger partial charge on any atom is -0.365 e. The van der Waals surface area contributed by atoms with Crippen molar-refractivity contribution < 1.29 is 5.11 Å². The number of hydrogen-bond donors (Lipinski definition) is 1. The normalized spacial score (nSPS) is 15.5. The highest BCUT2D eigenvalue weighted by atomic mass is 35.5. The number of unbranched alkanes of at least 4 members (excludes halogenated alkanes) is 2. The fourth-order valence-electron chi connectivity index (χ4n) is 0.703. The first-order valence-electron chi connectivity index (χ1n) is 3.57. The first kappa shape index (κ1) is 11.1. The molecule has 1 N–H and O–H groups in total. The quantitative estimate of drug-likeness (QED) is 0.405. The number of alkyl halides is 2. The molecule has 0 aromatic heterocycles. The van der Waals surface area contributed by atoms with E-state index in [-0.39, 0.29) is 0 Å². The lowest BCUT2D eigenvalue weighted by Crippen LogP contribution is -2.16. The van der Waals surface area contributed by atoms with Crippen LogP contribution in [0.25, 0.3) is 0 Å². The van der Waals surface area contributed by atoms with Gasteiger partial charge in [-0.3, -0.25) is 0 Å². The molecule has 0 aliphatic rings. The molecule has 0 aliphatic carbocycles. The van der Waals surface area contributed by atoms with Crippen LogP contribution in [-0.2, 0) is 0 Å². The van der Waals surface area contributed by atoms with Crippen molar-refractivity contribution in [2.24, 2.45) is 0 Å². The lowest BCUT2D eigenvalue weighted by Gasteiger charge is -2.11. The van der Waals surface area contributed by atoms with Crippen LogP contribution in [0.5, 0.6) is 0 Å². The first-order valence-corrected chi connectivity index (χ1v) is 4.48. The van der Waals surface area contributed by atoms with E-state index in [2.05, 4.69) is 5.92 Å². The van der Waals surface area contributed by atoms with Gasteiger partial charge in [-0.05, 0) is 12.8 Å². The third-order valence-corrected chi connectivity index (χ3v) is 1.93. The molecule has 0 saturated heterocycles. The summed E-state index contributed by atoms with van der Waals surface area (Å²) >= 11 is 10.9. The number of aliphatic hydroxyl groups is 1. The molecule has 0 saturated carbocycles. The van der Waals surface area contributed by atoms with E-state index in [0.29, 0.717) is 12.3 Å². The van der Waals surface area contributed by atoms with Gasteiger partial charge in [0, 0.05) is 12.3 Å². The zero-order valence-corrected chi connectivity index (χ0v) is 7.83. The van der Waals surface area contributed by atoms with Crippen molar-refractivity contribution in [1.82, 2.24) is 0 Å². The number of halogens is 2. The molecule has 1 nitrogen and oxygen atoms in total. The van der Waals surface area contributed by atoms with Crippen molar-refractivity contribution in [3.05, 3.63) is 0 Å². The molecule has 1 atom stereocenters. The van der Waals surface area contributed by atoms with Crippen LogP contribution in [0.2, 0.25) is 0 Å². The lowest BCUT2D eigenvalue weighted by atomic mass is 10.1. The van der Waals surface area contributed by atoms with Gasteiger partial charge < -0.3 is 5.11 Å². The molecule has 0 aromatic carbocycles. The van der Waals surface area contributed by atoms with Crippen LogP contribution in [0.3, 0.4) is 0 Å². The number of hydrogen-bond acceptors (Lipinski definition) is 1.